The Labute approximate surface area is 325 Å². The van der Waals surface area contributed by atoms with E-state index in [0.29, 0.717) is 25.6 Å². The van der Waals surface area contributed by atoms with Crippen molar-refractivity contribution >= 4 is 35.3 Å². The normalized spacial score (nSPS) is 18.5. The van der Waals surface area contributed by atoms with Crippen LogP contribution >= 0.6 is 23.4 Å². The minimum Gasteiger partial charge on any atom is -0.490 e. The van der Waals surface area contributed by atoms with Crippen molar-refractivity contribution in [2.75, 3.05) is 45.1 Å². The van der Waals surface area contributed by atoms with Crippen LogP contribution in [0.15, 0.2) is 65.8 Å². The van der Waals surface area contributed by atoms with Gasteiger partial charge < -0.3 is 45.4 Å². The van der Waals surface area contributed by atoms with Crippen molar-refractivity contribution in [3.05, 3.63) is 77.1 Å². The average molecular weight is 783 g/mol. The van der Waals surface area contributed by atoms with Gasteiger partial charge in [0, 0.05) is 60.6 Å². The third-order valence-electron chi connectivity index (χ3n) is 10.6. The molecule has 12 nitrogen and oxygen atoms in total. The summed E-state index contributed by atoms with van der Waals surface area (Å²) < 4.78 is 6.28. The van der Waals surface area contributed by atoms with Crippen LogP contribution in [0.5, 0.6) is 5.75 Å². The van der Waals surface area contributed by atoms with Gasteiger partial charge in [-0.15, -0.1) is 11.8 Å². The summed E-state index contributed by atoms with van der Waals surface area (Å²) in [7, 11) is 0. The van der Waals surface area contributed by atoms with Crippen LogP contribution in [0.4, 0.5) is 4.79 Å². The van der Waals surface area contributed by atoms with Gasteiger partial charge in [0.25, 0.3) is 5.91 Å². The molecule has 3 aliphatic rings. The molecule has 292 valence electrons. The Morgan fingerprint density at radius 2 is 1.85 bits per heavy atom. The zero-order valence-corrected chi connectivity index (χ0v) is 31.9. The molecule has 0 radical (unpaired) electrons. The molecule has 0 unspecified atom stereocenters. The predicted molar refractivity (Wildman–Crippen MR) is 207 cm³/mol. The lowest BCUT2D eigenvalue weighted by molar-refractivity contribution is -0.158. The topological polar surface area (TPSA) is 176 Å². The molecule has 1 saturated heterocycles. The predicted octanol–water partition coefficient (Wildman–Crippen LogP) is 3.77. The Hall–Kier alpha value is -3.43. The molecule has 4 atom stereocenters. The number of carbonyl (C=O) groups excluding carboxylic acids is 2. The zero-order chi connectivity index (χ0) is 38.2. The molecule has 6 N–H and O–H groups in total. The van der Waals surface area contributed by atoms with Gasteiger partial charge in [-0.05, 0) is 110 Å². The molecule has 2 aliphatic carbocycles. The van der Waals surface area contributed by atoms with Gasteiger partial charge in [0.05, 0.1) is 12.7 Å². The van der Waals surface area contributed by atoms with Crippen LogP contribution in [-0.2, 0) is 16.6 Å². The molecule has 6 rings (SSSR count). The molecule has 3 amide bonds. The van der Waals surface area contributed by atoms with E-state index in [1.165, 1.54) is 16.0 Å². The molecular formula is C40H51ClN4O8S. The Morgan fingerprint density at radius 3 is 2.57 bits per heavy atom. The molecule has 2 saturated carbocycles. The number of aromatic nitrogens is 1. The number of aryl methyl sites for hydroxylation is 1. The van der Waals surface area contributed by atoms with E-state index in [1.807, 2.05) is 30.6 Å². The number of pyridine rings is 1. The average Bonchev–Trinajstić information content (AvgIpc) is 4.13. The van der Waals surface area contributed by atoms with Crippen molar-refractivity contribution in [1.29, 1.82) is 0 Å². The Bertz CT molecular complexity index is 1740. The summed E-state index contributed by atoms with van der Waals surface area (Å²) in [6, 6.07) is 16.3. The molecule has 2 aromatic carbocycles. The number of thioether (sulfide) groups is 1. The van der Waals surface area contributed by atoms with Gasteiger partial charge >= 0.3 is 6.03 Å². The van der Waals surface area contributed by atoms with Crippen LogP contribution in [0.25, 0.3) is 11.1 Å². The number of aliphatic hydroxyl groups excluding tert-OH is 5. The number of carbonyl (C=O) groups is 2. The second kappa shape index (κ2) is 18.5. The van der Waals surface area contributed by atoms with E-state index < -0.39 is 36.9 Å². The summed E-state index contributed by atoms with van der Waals surface area (Å²) >= 11 is 8.43. The first kappa shape index (κ1) is 40.2. The van der Waals surface area contributed by atoms with Crippen LogP contribution in [0, 0.1) is 0 Å². The second-order valence-corrected chi connectivity index (χ2v) is 16.1. The zero-order valence-electron chi connectivity index (χ0n) is 30.4. The van der Waals surface area contributed by atoms with Crippen molar-refractivity contribution < 1.29 is 39.9 Å². The van der Waals surface area contributed by atoms with Gasteiger partial charge in [0.1, 0.15) is 24.1 Å². The quantitative estimate of drug-likeness (QED) is 0.0690. The fraction of sp³-hybridized carbons (Fsp3) is 0.525. The SMILES string of the molecule is O=C1NCCN1CCN(CCCCSc1ccc(Cl)c(CCC2(c3cnccc3-c3ccccc3OC3CC3)CC2)c1)C(=O)[C@@H](O)[C@@H](O)[C@H](O)[C@@H](O)CO. The maximum Gasteiger partial charge on any atom is 0.317 e. The van der Waals surface area contributed by atoms with Crippen LogP contribution in [-0.4, -0.2) is 128 Å². The summed E-state index contributed by atoms with van der Waals surface area (Å²) in [6.45, 7) is 0.738. The highest BCUT2D eigenvalue weighted by Crippen LogP contribution is 2.55. The Kier molecular flexibility index (Phi) is 13.8. The molecular weight excluding hydrogens is 732 g/mol. The lowest BCUT2D eigenvalue weighted by Gasteiger charge is -2.31. The number of para-hydroxylation sites is 1. The number of rotatable bonds is 21. The van der Waals surface area contributed by atoms with Crippen molar-refractivity contribution in [2.24, 2.45) is 0 Å². The lowest BCUT2D eigenvalue weighted by atomic mass is 9.85. The summed E-state index contributed by atoms with van der Waals surface area (Å²) in [5.74, 6) is 0.858. The maximum atomic E-state index is 13.2. The number of nitrogens with zero attached hydrogens (tertiary/aromatic N) is 3. The summed E-state index contributed by atoms with van der Waals surface area (Å²) in [4.78, 5) is 33.8. The Balaban J connectivity index is 1.03. The third kappa shape index (κ3) is 10.1. The van der Waals surface area contributed by atoms with Crippen molar-refractivity contribution in [1.82, 2.24) is 20.1 Å². The number of nitrogens with one attached hydrogen (secondary N) is 1. The first-order chi connectivity index (χ1) is 26.1. The van der Waals surface area contributed by atoms with E-state index in [9.17, 15) is 30.0 Å². The molecule has 3 fully saturated rings. The standard InChI is InChI=1S/C40H51ClN4O8S/c41-32-10-9-28(54-22-4-3-18-44(20-21-45-19-17-43-39(45)52)38(51)37(50)36(49)35(48)33(47)25-46)23-26(32)11-13-40(14-15-40)31-24-42-16-12-29(31)30-5-1-2-6-34(30)53-27-7-8-27/h1-2,5-6,9-10,12,16,23-24,27,33,35-37,46-50H,3-4,7-8,11,13-15,17-22,25H2,(H,43,52)/t33-,35+,36-,37-/m0/s1. The maximum absolute atomic E-state index is 13.2. The highest BCUT2D eigenvalue weighted by atomic mass is 35.5. The smallest absolute Gasteiger partial charge is 0.317 e. The third-order valence-corrected chi connectivity index (χ3v) is 12.1. The minimum absolute atomic E-state index is 0.0327. The molecule has 0 bridgehead atoms. The number of unbranched alkanes of at least 4 members (excludes halogenated alkanes) is 1. The molecule has 1 aliphatic heterocycles. The minimum atomic E-state index is -2.02. The fourth-order valence-corrected chi connectivity index (χ4v) is 8.16. The monoisotopic (exact) mass is 782 g/mol. The number of aliphatic hydroxyl groups is 5. The van der Waals surface area contributed by atoms with Crippen LogP contribution in [0.3, 0.4) is 0 Å². The molecule has 1 aromatic heterocycles. The fourth-order valence-electron chi connectivity index (χ4n) is 6.97. The summed E-state index contributed by atoms with van der Waals surface area (Å²) in [5, 5.41) is 53.2. The first-order valence-electron chi connectivity index (χ1n) is 18.9. The molecule has 14 heteroatoms. The largest absolute Gasteiger partial charge is 0.490 e. The van der Waals surface area contributed by atoms with Gasteiger partial charge in [0.2, 0.25) is 0 Å². The first-order valence-corrected chi connectivity index (χ1v) is 20.2. The van der Waals surface area contributed by atoms with Gasteiger partial charge in [-0.1, -0.05) is 29.8 Å². The number of benzene rings is 2. The van der Waals surface area contributed by atoms with Crippen LogP contribution < -0.4 is 10.1 Å². The number of halogens is 1. The number of urea groups is 1. The highest BCUT2D eigenvalue weighted by Gasteiger charge is 2.45. The van der Waals surface area contributed by atoms with Crippen molar-refractivity contribution in [3.63, 3.8) is 0 Å². The van der Waals surface area contributed by atoms with E-state index in [-0.39, 0.29) is 31.1 Å². The number of amides is 3. The van der Waals surface area contributed by atoms with E-state index in [1.54, 1.807) is 16.7 Å². The molecule has 54 heavy (non-hydrogen) atoms. The molecule has 2 heterocycles. The van der Waals surface area contributed by atoms with E-state index >= 15 is 0 Å². The summed E-state index contributed by atoms with van der Waals surface area (Å²) in [6.07, 6.45) is 4.00. The van der Waals surface area contributed by atoms with Gasteiger partial charge in [-0.25, -0.2) is 4.79 Å². The molecule has 0 spiro atoms. The van der Waals surface area contributed by atoms with Gasteiger partial charge in [0.15, 0.2) is 6.10 Å². The number of hydrogen-bond acceptors (Lipinski definition) is 10. The summed E-state index contributed by atoms with van der Waals surface area (Å²) in [5.41, 5.74) is 4.68. The van der Waals surface area contributed by atoms with Gasteiger partial charge in [-0.2, -0.15) is 0 Å². The Morgan fingerprint density at radius 1 is 1.06 bits per heavy atom. The van der Waals surface area contributed by atoms with E-state index in [2.05, 4.69) is 40.6 Å². The van der Waals surface area contributed by atoms with Crippen molar-refractivity contribution in [2.45, 2.75) is 92.2 Å². The van der Waals surface area contributed by atoms with E-state index in [4.69, 9.17) is 21.4 Å². The highest BCUT2D eigenvalue weighted by molar-refractivity contribution is 7.99. The van der Waals surface area contributed by atoms with Crippen molar-refractivity contribution in [3.8, 4) is 16.9 Å². The van der Waals surface area contributed by atoms with Gasteiger partial charge in [-0.3, -0.25) is 9.78 Å². The molecule has 3 aromatic rings. The lowest BCUT2D eigenvalue weighted by Crippen LogP contribution is -2.53. The second-order valence-electron chi connectivity index (χ2n) is 14.5. The number of hydrogen-bond donors (Lipinski definition) is 6. The van der Waals surface area contributed by atoms with Crippen LogP contribution in [0.1, 0.15) is 56.1 Å². The number of ether oxygens (including phenoxy) is 1. The van der Waals surface area contributed by atoms with E-state index in [0.717, 1.165) is 77.5 Å². The van der Waals surface area contributed by atoms with Crippen LogP contribution in [0.2, 0.25) is 5.02 Å².